The molecule has 0 fully saturated rings. The molecule has 0 aromatic carbocycles. The number of aryl methyl sites for hydroxylation is 1. The molecule has 0 aliphatic carbocycles. The molecule has 0 saturated carbocycles. The molecule has 1 heterocycles. The number of aromatic amines is 1. The lowest BCUT2D eigenvalue weighted by Gasteiger charge is -1.91. The van der Waals surface area contributed by atoms with Crippen molar-refractivity contribution >= 4 is 0 Å². The zero-order valence-corrected chi connectivity index (χ0v) is 5.27. The molecule has 0 bridgehead atoms. The lowest BCUT2D eigenvalue weighted by molar-refractivity contribution is 0.145. The number of hydrogen-bond donors (Lipinski definition) is 1. The fourth-order valence-electron chi connectivity index (χ4n) is 0.623. The topological polar surface area (TPSA) is 37.8 Å². The molecule has 1 aromatic rings. The Morgan fingerprint density at radius 3 is 2.50 bits per heavy atom. The molecule has 0 amide bonds. The normalized spacial score (nSPS) is 10.8. The van der Waals surface area contributed by atoms with Gasteiger partial charge in [0, 0.05) is 13.1 Å². The maximum absolute atomic E-state index is 11.8. The average Bonchev–Trinajstić information content (AvgIpc) is 2.13. The van der Waals surface area contributed by atoms with Crippen LogP contribution in [-0.4, -0.2) is 9.78 Å². The quantitative estimate of drug-likeness (QED) is 0.623. The van der Waals surface area contributed by atoms with E-state index in [4.69, 9.17) is 0 Å². The van der Waals surface area contributed by atoms with Gasteiger partial charge in [-0.3, -0.25) is 14.6 Å². The van der Waals surface area contributed by atoms with E-state index in [2.05, 4.69) is 5.10 Å². The van der Waals surface area contributed by atoms with Crippen molar-refractivity contribution in [1.29, 1.82) is 0 Å². The van der Waals surface area contributed by atoms with Gasteiger partial charge < -0.3 is 0 Å². The van der Waals surface area contributed by atoms with Crippen molar-refractivity contribution in [3.63, 3.8) is 0 Å². The zero-order chi connectivity index (χ0) is 7.72. The molecule has 0 unspecified atom stereocenters. The molecule has 1 aromatic heterocycles. The van der Waals surface area contributed by atoms with E-state index in [-0.39, 0.29) is 5.69 Å². The van der Waals surface area contributed by atoms with Crippen molar-refractivity contribution in [3.05, 3.63) is 22.1 Å². The first-order valence-electron chi connectivity index (χ1n) is 2.65. The second kappa shape index (κ2) is 2.24. The molecule has 5 heteroatoms. The van der Waals surface area contributed by atoms with Crippen LogP contribution in [-0.2, 0) is 7.05 Å². The van der Waals surface area contributed by atoms with E-state index in [1.807, 2.05) is 0 Å². The van der Waals surface area contributed by atoms with E-state index in [0.29, 0.717) is 0 Å². The van der Waals surface area contributed by atoms with Gasteiger partial charge in [-0.2, -0.15) is 0 Å². The maximum Gasteiger partial charge on any atom is 0.279 e. The standard InChI is InChI=1S/C5H6F2N2O/c1-9-4(10)2-3(8-9)5(6)7/h2,5,8H,1H3. The Morgan fingerprint density at radius 2 is 2.30 bits per heavy atom. The number of nitrogens with one attached hydrogen (secondary N) is 1. The van der Waals surface area contributed by atoms with Crippen molar-refractivity contribution < 1.29 is 8.78 Å². The van der Waals surface area contributed by atoms with Gasteiger partial charge in [0.15, 0.2) is 0 Å². The van der Waals surface area contributed by atoms with E-state index < -0.39 is 12.0 Å². The number of aromatic nitrogens is 2. The summed E-state index contributed by atoms with van der Waals surface area (Å²) in [6, 6.07) is 0.880. The molecular formula is C5H6F2N2O. The minimum Gasteiger partial charge on any atom is -0.294 e. The maximum atomic E-state index is 11.8. The third-order valence-electron chi connectivity index (χ3n) is 1.14. The molecule has 1 N–H and O–H groups in total. The zero-order valence-electron chi connectivity index (χ0n) is 5.27. The number of nitrogens with zero attached hydrogens (tertiary/aromatic N) is 1. The van der Waals surface area contributed by atoms with Crippen LogP contribution in [0.3, 0.4) is 0 Å². The molecule has 1 rings (SSSR count). The second-order valence-electron chi connectivity index (χ2n) is 1.91. The Hall–Kier alpha value is -1.13. The number of rotatable bonds is 1. The SMILES string of the molecule is Cn1[nH]c(C(F)F)cc1=O. The van der Waals surface area contributed by atoms with Gasteiger partial charge in [0.25, 0.3) is 12.0 Å². The van der Waals surface area contributed by atoms with E-state index in [1.54, 1.807) is 0 Å². The van der Waals surface area contributed by atoms with Gasteiger partial charge in [0.05, 0.1) is 0 Å². The molecule has 3 nitrogen and oxygen atoms in total. The predicted molar refractivity (Wildman–Crippen MR) is 31.0 cm³/mol. The van der Waals surface area contributed by atoms with Gasteiger partial charge in [0.2, 0.25) is 0 Å². The van der Waals surface area contributed by atoms with Crippen molar-refractivity contribution in [3.8, 4) is 0 Å². The van der Waals surface area contributed by atoms with Gasteiger partial charge in [-0.15, -0.1) is 0 Å². The summed E-state index contributed by atoms with van der Waals surface area (Å²) < 4.78 is 24.6. The summed E-state index contributed by atoms with van der Waals surface area (Å²) in [5.74, 6) is 0. The van der Waals surface area contributed by atoms with E-state index >= 15 is 0 Å². The molecule has 0 radical (unpaired) electrons. The highest BCUT2D eigenvalue weighted by Crippen LogP contribution is 2.12. The van der Waals surface area contributed by atoms with Crippen LogP contribution in [0.1, 0.15) is 12.1 Å². The molecule has 0 aliphatic heterocycles. The lowest BCUT2D eigenvalue weighted by Crippen LogP contribution is -2.09. The summed E-state index contributed by atoms with van der Waals surface area (Å²) >= 11 is 0. The fourth-order valence-corrected chi connectivity index (χ4v) is 0.623. The van der Waals surface area contributed by atoms with Gasteiger partial charge in [-0.1, -0.05) is 0 Å². The third-order valence-corrected chi connectivity index (χ3v) is 1.14. The summed E-state index contributed by atoms with van der Waals surface area (Å²) in [4.78, 5) is 10.5. The highest BCUT2D eigenvalue weighted by atomic mass is 19.3. The molecule has 0 spiro atoms. The molecule has 56 valence electrons. The highest BCUT2D eigenvalue weighted by Gasteiger charge is 2.09. The van der Waals surface area contributed by atoms with Crippen LogP contribution in [0.2, 0.25) is 0 Å². The average molecular weight is 148 g/mol. The predicted octanol–water partition coefficient (Wildman–Crippen LogP) is 0.651. The molecule has 10 heavy (non-hydrogen) atoms. The Bertz CT molecular complexity index is 275. The van der Waals surface area contributed by atoms with Gasteiger partial charge in [-0.05, 0) is 0 Å². The first-order chi connectivity index (χ1) is 4.61. The second-order valence-corrected chi connectivity index (χ2v) is 1.91. The van der Waals surface area contributed by atoms with Crippen LogP contribution < -0.4 is 5.56 Å². The Labute approximate surface area is 55.3 Å². The van der Waals surface area contributed by atoms with Crippen LogP contribution >= 0.6 is 0 Å². The van der Waals surface area contributed by atoms with Crippen molar-refractivity contribution in [1.82, 2.24) is 9.78 Å². The van der Waals surface area contributed by atoms with Crippen molar-refractivity contribution in [2.45, 2.75) is 6.43 Å². The van der Waals surface area contributed by atoms with Crippen LogP contribution in [0.5, 0.6) is 0 Å². The largest absolute Gasteiger partial charge is 0.294 e. The molecular weight excluding hydrogens is 142 g/mol. The third kappa shape index (κ3) is 1.07. The van der Waals surface area contributed by atoms with Crippen LogP contribution in [0.4, 0.5) is 8.78 Å². The Kier molecular flexibility index (Phi) is 1.57. The highest BCUT2D eigenvalue weighted by molar-refractivity contribution is 4.99. The Morgan fingerprint density at radius 1 is 1.70 bits per heavy atom. The monoisotopic (exact) mass is 148 g/mol. The molecule has 0 atom stereocenters. The summed E-state index contributed by atoms with van der Waals surface area (Å²) in [6.45, 7) is 0. The summed E-state index contributed by atoms with van der Waals surface area (Å²) in [7, 11) is 1.38. The first-order valence-corrected chi connectivity index (χ1v) is 2.65. The van der Waals surface area contributed by atoms with E-state index in [9.17, 15) is 13.6 Å². The van der Waals surface area contributed by atoms with Crippen LogP contribution in [0.15, 0.2) is 10.9 Å². The number of hydrogen-bond acceptors (Lipinski definition) is 1. The van der Waals surface area contributed by atoms with Crippen molar-refractivity contribution in [2.75, 3.05) is 0 Å². The summed E-state index contributed by atoms with van der Waals surface area (Å²) in [5.41, 5.74) is -0.789. The van der Waals surface area contributed by atoms with E-state index in [0.717, 1.165) is 10.7 Å². The van der Waals surface area contributed by atoms with Crippen molar-refractivity contribution in [2.24, 2.45) is 7.05 Å². The smallest absolute Gasteiger partial charge is 0.279 e. The van der Waals surface area contributed by atoms with Crippen LogP contribution in [0.25, 0.3) is 0 Å². The first kappa shape index (κ1) is 6.98. The molecule has 0 aliphatic rings. The number of halogens is 2. The summed E-state index contributed by atoms with van der Waals surface area (Å²) in [5, 5.41) is 2.20. The van der Waals surface area contributed by atoms with Crippen LogP contribution in [0, 0.1) is 0 Å². The minimum absolute atomic E-state index is 0.340. The Balaban J connectivity index is 3.10. The van der Waals surface area contributed by atoms with E-state index in [1.165, 1.54) is 7.05 Å². The minimum atomic E-state index is -2.60. The fraction of sp³-hybridized carbons (Fsp3) is 0.400. The van der Waals surface area contributed by atoms with Gasteiger partial charge in [0.1, 0.15) is 5.69 Å². The number of H-pyrrole nitrogens is 1. The lowest BCUT2D eigenvalue weighted by atomic mass is 10.5. The van der Waals surface area contributed by atoms with Gasteiger partial charge >= 0.3 is 0 Å². The van der Waals surface area contributed by atoms with Gasteiger partial charge in [-0.25, -0.2) is 8.78 Å². The molecule has 0 saturated heterocycles. The summed E-state index contributed by atoms with van der Waals surface area (Å²) in [6.07, 6.45) is -2.60. The number of alkyl halides is 2.